The Hall–Kier alpha value is -1.10. The largest absolute Gasteiger partial charge is 0.282 e. The molecule has 0 spiro atoms. The zero-order valence-electron chi connectivity index (χ0n) is 9.19. The highest BCUT2D eigenvalue weighted by Gasteiger charge is 2.08. The van der Waals surface area contributed by atoms with Crippen LogP contribution in [0.5, 0.6) is 0 Å². The van der Waals surface area contributed by atoms with Gasteiger partial charge in [-0.2, -0.15) is 0 Å². The molecule has 1 aromatic rings. The van der Waals surface area contributed by atoms with Crippen LogP contribution in [-0.4, -0.2) is 19.2 Å². The summed E-state index contributed by atoms with van der Waals surface area (Å²) >= 11 is 0. The zero-order valence-corrected chi connectivity index (χ0v) is 10.0. The van der Waals surface area contributed by atoms with Crippen LogP contribution in [0.15, 0.2) is 18.5 Å². The maximum Gasteiger partial charge on any atom is 0.232 e. The molecule has 0 aromatic carbocycles. The molecule has 0 aliphatic rings. The lowest BCUT2D eigenvalue weighted by Gasteiger charge is -2.09. The van der Waals surface area contributed by atoms with Crippen molar-refractivity contribution < 1.29 is 8.42 Å². The van der Waals surface area contributed by atoms with E-state index in [4.69, 9.17) is 0 Å². The Balaban J connectivity index is 2.92. The first kappa shape index (κ1) is 12.0. The quantitative estimate of drug-likeness (QED) is 0.857. The van der Waals surface area contributed by atoms with Gasteiger partial charge in [0.1, 0.15) is 0 Å². The summed E-state index contributed by atoms with van der Waals surface area (Å²) in [6.07, 6.45) is 3.26. The molecule has 5 heteroatoms. The number of anilines is 1. The highest BCUT2D eigenvalue weighted by Crippen LogP contribution is 2.17. The van der Waals surface area contributed by atoms with Crippen molar-refractivity contribution in [3.8, 4) is 0 Å². The van der Waals surface area contributed by atoms with E-state index < -0.39 is 10.0 Å². The summed E-state index contributed by atoms with van der Waals surface area (Å²) in [5.41, 5.74) is 1.55. The molecule has 84 valence electrons. The fourth-order valence-electron chi connectivity index (χ4n) is 1.08. The molecule has 0 fully saturated rings. The molecule has 0 amide bonds. The molecule has 1 aromatic heterocycles. The summed E-state index contributed by atoms with van der Waals surface area (Å²) in [5, 5.41) is 0. The number of rotatable bonds is 4. The van der Waals surface area contributed by atoms with Crippen molar-refractivity contribution in [3.63, 3.8) is 0 Å². The lowest BCUT2D eigenvalue weighted by molar-refractivity contribution is 0.602. The number of pyridine rings is 1. The van der Waals surface area contributed by atoms with Gasteiger partial charge in [0.15, 0.2) is 0 Å². The maximum atomic E-state index is 11.3. The van der Waals surface area contributed by atoms with Crippen LogP contribution in [0.25, 0.3) is 0 Å². The smallest absolute Gasteiger partial charge is 0.232 e. The zero-order chi connectivity index (χ0) is 11.5. The molecule has 15 heavy (non-hydrogen) atoms. The molecule has 0 saturated heterocycles. The van der Waals surface area contributed by atoms with E-state index >= 15 is 0 Å². The van der Waals surface area contributed by atoms with Crippen molar-refractivity contribution in [1.82, 2.24) is 4.98 Å². The monoisotopic (exact) mass is 228 g/mol. The molecular weight excluding hydrogens is 212 g/mol. The average Bonchev–Trinajstić information content (AvgIpc) is 2.17. The maximum absolute atomic E-state index is 11.3. The van der Waals surface area contributed by atoms with Crippen molar-refractivity contribution in [2.75, 3.05) is 10.5 Å². The molecule has 0 unspecified atom stereocenters. The Morgan fingerprint density at radius 1 is 1.40 bits per heavy atom. The summed E-state index contributed by atoms with van der Waals surface area (Å²) in [6.45, 7) is 5.67. The van der Waals surface area contributed by atoms with Gasteiger partial charge in [-0.1, -0.05) is 13.8 Å². The fourth-order valence-corrected chi connectivity index (χ4v) is 1.70. The van der Waals surface area contributed by atoms with E-state index in [0.29, 0.717) is 11.6 Å². The Bertz CT molecular complexity index is 427. The second kappa shape index (κ2) is 4.61. The summed E-state index contributed by atoms with van der Waals surface area (Å²) in [4.78, 5) is 4.00. The van der Waals surface area contributed by atoms with E-state index in [1.54, 1.807) is 13.1 Å². The van der Waals surface area contributed by atoms with Crippen molar-refractivity contribution in [1.29, 1.82) is 0 Å². The van der Waals surface area contributed by atoms with Crippen LogP contribution >= 0.6 is 0 Å². The van der Waals surface area contributed by atoms with Gasteiger partial charge in [-0.3, -0.25) is 9.71 Å². The van der Waals surface area contributed by atoms with E-state index in [0.717, 1.165) is 5.56 Å². The number of nitrogens with zero attached hydrogens (tertiary/aromatic N) is 1. The molecule has 1 rings (SSSR count). The van der Waals surface area contributed by atoms with Gasteiger partial charge in [-0.05, 0) is 24.5 Å². The van der Waals surface area contributed by atoms with Crippen molar-refractivity contribution in [2.24, 2.45) is 0 Å². The van der Waals surface area contributed by atoms with E-state index in [1.165, 1.54) is 6.20 Å². The van der Waals surface area contributed by atoms with Gasteiger partial charge in [-0.15, -0.1) is 0 Å². The number of hydrogen-bond acceptors (Lipinski definition) is 3. The average molecular weight is 228 g/mol. The Kier molecular flexibility index (Phi) is 3.68. The van der Waals surface area contributed by atoms with E-state index in [9.17, 15) is 8.42 Å². The second-order valence-electron chi connectivity index (χ2n) is 3.67. The summed E-state index contributed by atoms with van der Waals surface area (Å²) in [7, 11) is -3.21. The topological polar surface area (TPSA) is 59.1 Å². The molecule has 4 nitrogen and oxygen atoms in total. The SMILES string of the molecule is CCS(=O)(=O)Nc1cncc(C(C)C)c1. The van der Waals surface area contributed by atoms with Gasteiger partial charge in [-0.25, -0.2) is 8.42 Å². The number of aromatic nitrogens is 1. The van der Waals surface area contributed by atoms with Crippen LogP contribution in [0, 0.1) is 0 Å². The minimum absolute atomic E-state index is 0.0684. The Labute approximate surface area is 90.8 Å². The van der Waals surface area contributed by atoms with E-state index in [-0.39, 0.29) is 5.75 Å². The van der Waals surface area contributed by atoms with Gasteiger partial charge in [0, 0.05) is 6.20 Å². The minimum atomic E-state index is -3.21. The fraction of sp³-hybridized carbons (Fsp3) is 0.500. The van der Waals surface area contributed by atoms with Gasteiger partial charge < -0.3 is 0 Å². The first-order valence-electron chi connectivity index (χ1n) is 4.90. The third-order valence-corrected chi connectivity index (χ3v) is 3.39. The van der Waals surface area contributed by atoms with E-state index in [2.05, 4.69) is 9.71 Å². The standard InChI is InChI=1S/C10H16N2O2S/c1-4-15(13,14)12-10-5-9(8(2)3)6-11-7-10/h5-8,12H,4H2,1-3H3. The molecule has 0 saturated carbocycles. The summed E-state index contributed by atoms with van der Waals surface area (Å²) in [6, 6.07) is 1.81. The van der Waals surface area contributed by atoms with Crippen LogP contribution < -0.4 is 4.72 Å². The van der Waals surface area contributed by atoms with Crippen LogP contribution in [-0.2, 0) is 10.0 Å². The van der Waals surface area contributed by atoms with Crippen molar-refractivity contribution in [2.45, 2.75) is 26.7 Å². The summed E-state index contributed by atoms with van der Waals surface area (Å²) < 4.78 is 25.1. The lowest BCUT2D eigenvalue weighted by Crippen LogP contribution is -2.14. The summed E-state index contributed by atoms with van der Waals surface area (Å²) in [5.74, 6) is 0.405. The third-order valence-electron chi connectivity index (χ3n) is 2.08. The third kappa shape index (κ3) is 3.51. The predicted molar refractivity (Wildman–Crippen MR) is 61.4 cm³/mol. The van der Waals surface area contributed by atoms with Gasteiger partial charge in [0.2, 0.25) is 10.0 Å². The van der Waals surface area contributed by atoms with Gasteiger partial charge >= 0.3 is 0 Å². The van der Waals surface area contributed by atoms with Gasteiger partial charge in [0.25, 0.3) is 0 Å². The minimum Gasteiger partial charge on any atom is -0.282 e. The Morgan fingerprint density at radius 2 is 2.07 bits per heavy atom. The van der Waals surface area contributed by atoms with Crippen LogP contribution in [0.4, 0.5) is 5.69 Å². The van der Waals surface area contributed by atoms with Crippen LogP contribution in [0.2, 0.25) is 0 Å². The first-order valence-corrected chi connectivity index (χ1v) is 6.55. The first-order chi connectivity index (χ1) is 6.94. The van der Waals surface area contributed by atoms with Crippen molar-refractivity contribution >= 4 is 15.7 Å². The number of nitrogens with one attached hydrogen (secondary N) is 1. The van der Waals surface area contributed by atoms with Crippen LogP contribution in [0.1, 0.15) is 32.3 Å². The highest BCUT2D eigenvalue weighted by molar-refractivity contribution is 7.92. The molecule has 0 radical (unpaired) electrons. The normalized spacial score (nSPS) is 11.7. The molecule has 0 bridgehead atoms. The molecular formula is C10H16N2O2S. The van der Waals surface area contributed by atoms with E-state index in [1.807, 2.05) is 19.9 Å². The highest BCUT2D eigenvalue weighted by atomic mass is 32.2. The second-order valence-corrected chi connectivity index (χ2v) is 5.68. The van der Waals surface area contributed by atoms with Gasteiger partial charge in [0.05, 0.1) is 17.6 Å². The van der Waals surface area contributed by atoms with Crippen LogP contribution in [0.3, 0.4) is 0 Å². The number of hydrogen-bond donors (Lipinski definition) is 1. The predicted octanol–water partition coefficient (Wildman–Crippen LogP) is 1.97. The molecule has 1 N–H and O–H groups in total. The number of sulfonamides is 1. The molecule has 1 heterocycles. The lowest BCUT2D eigenvalue weighted by atomic mass is 10.1. The molecule has 0 aliphatic carbocycles. The molecule has 0 aliphatic heterocycles. The Morgan fingerprint density at radius 3 is 2.60 bits per heavy atom. The van der Waals surface area contributed by atoms with Crippen molar-refractivity contribution in [3.05, 3.63) is 24.0 Å². The molecule has 0 atom stereocenters.